The second-order valence-corrected chi connectivity index (χ2v) is 5.74. The summed E-state index contributed by atoms with van der Waals surface area (Å²) in [6, 6.07) is -0.0146. The molecule has 6 heteroatoms. The third-order valence-electron chi connectivity index (χ3n) is 3.22. The van der Waals surface area contributed by atoms with Gasteiger partial charge >= 0.3 is 0 Å². The highest BCUT2D eigenvalue weighted by molar-refractivity contribution is 7.99. The van der Waals surface area contributed by atoms with E-state index in [0.717, 1.165) is 16.7 Å². The van der Waals surface area contributed by atoms with Crippen molar-refractivity contribution in [2.75, 3.05) is 12.9 Å². The lowest BCUT2D eigenvalue weighted by Gasteiger charge is -2.18. The summed E-state index contributed by atoms with van der Waals surface area (Å²) < 4.78 is 5.22. The van der Waals surface area contributed by atoms with Crippen molar-refractivity contribution in [3.05, 3.63) is 18.1 Å². The quantitative estimate of drug-likeness (QED) is 0.604. The minimum Gasteiger partial charge on any atom is -0.480 e. The Balaban J connectivity index is 1.98. The average Bonchev–Trinajstić information content (AvgIpc) is 2.93. The fourth-order valence-corrected chi connectivity index (χ4v) is 3.61. The van der Waals surface area contributed by atoms with E-state index in [9.17, 15) is 0 Å². The number of hydrogen-bond donors (Lipinski definition) is 2. The van der Waals surface area contributed by atoms with Crippen LogP contribution in [0.4, 0.5) is 0 Å². The Morgan fingerprint density at radius 1 is 1.44 bits per heavy atom. The molecule has 3 N–H and O–H groups in total. The highest BCUT2D eigenvalue weighted by Gasteiger charge is 2.21. The molecular formula is C12H20N4OS. The van der Waals surface area contributed by atoms with Crippen LogP contribution in [0.1, 0.15) is 37.4 Å². The van der Waals surface area contributed by atoms with Crippen molar-refractivity contribution in [1.82, 2.24) is 15.4 Å². The van der Waals surface area contributed by atoms with Gasteiger partial charge in [0.1, 0.15) is 5.69 Å². The smallest absolute Gasteiger partial charge is 0.237 e. The fourth-order valence-electron chi connectivity index (χ4n) is 2.23. The normalized spacial score (nSPS) is 17.9. The maximum atomic E-state index is 5.63. The molecule has 0 spiro atoms. The van der Waals surface area contributed by atoms with E-state index in [0.29, 0.717) is 5.88 Å². The Morgan fingerprint density at radius 3 is 2.83 bits per heavy atom. The van der Waals surface area contributed by atoms with Gasteiger partial charge in [0, 0.05) is 23.4 Å². The first kappa shape index (κ1) is 13.6. The van der Waals surface area contributed by atoms with Crippen LogP contribution in [0.5, 0.6) is 5.88 Å². The number of thioether (sulfide) groups is 1. The third kappa shape index (κ3) is 3.34. The zero-order valence-electron chi connectivity index (χ0n) is 10.6. The first-order chi connectivity index (χ1) is 8.85. The molecule has 2 rings (SSSR count). The number of hydrogen-bond acceptors (Lipinski definition) is 6. The predicted molar refractivity (Wildman–Crippen MR) is 73.4 cm³/mol. The summed E-state index contributed by atoms with van der Waals surface area (Å²) in [4.78, 5) is 8.48. The number of hydrazine groups is 1. The molecule has 100 valence electrons. The maximum Gasteiger partial charge on any atom is 0.237 e. The number of nitrogens with two attached hydrogens (primary N) is 1. The molecule has 0 radical (unpaired) electrons. The van der Waals surface area contributed by atoms with Crippen LogP contribution in [0.25, 0.3) is 0 Å². The van der Waals surface area contributed by atoms with Gasteiger partial charge in [0.25, 0.3) is 0 Å². The van der Waals surface area contributed by atoms with Crippen LogP contribution in [0.2, 0.25) is 0 Å². The minimum atomic E-state index is -0.0146. The van der Waals surface area contributed by atoms with Crippen LogP contribution in [0.3, 0.4) is 0 Å². The monoisotopic (exact) mass is 268 g/mol. The Bertz CT molecular complexity index is 371. The number of methoxy groups -OCH3 is 1. The van der Waals surface area contributed by atoms with E-state index in [1.165, 1.54) is 25.7 Å². The summed E-state index contributed by atoms with van der Waals surface area (Å²) >= 11 is 1.96. The van der Waals surface area contributed by atoms with E-state index < -0.39 is 0 Å². The summed E-state index contributed by atoms with van der Waals surface area (Å²) in [6.07, 6.45) is 8.64. The lowest BCUT2D eigenvalue weighted by Crippen LogP contribution is -2.31. The topological polar surface area (TPSA) is 73.1 Å². The van der Waals surface area contributed by atoms with Crippen molar-refractivity contribution in [3.8, 4) is 5.88 Å². The van der Waals surface area contributed by atoms with Crippen molar-refractivity contribution in [1.29, 1.82) is 0 Å². The Kier molecular flexibility index (Phi) is 5.22. The molecule has 5 nitrogen and oxygen atoms in total. The number of nitrogens with one attached hydrogen (secondary N) is 1. The summed E-state index contributed by atoms with van der Waals surface area (Å²) in [5.41, 5.74) is 3.60. The van der Waals surface area contributed by atoms with Gasteiger partial charge in [-0.3, -0.25) is 16.3 Å². The van der Waals surface area contributed by atoms with Crippen LogP contribution in [-0.4, -0.2) is 28.1 Å². The summed E-state index contributed by atoms with van der Waals surface area (Å²) in [5.74, 6) is 7.07. The summed E-state index contributed by atoms with van der Waals surface area (Å²) in [6.45, 7) is 0. The largest absolute Gasteiger partial charge is 0.480 e. The molecule has 1 heterocycles. The number of ether oxygens (including phenoxy) is 1. The number of rotatable bonds is 6. The molecule has 1 fully saturated rings. The van der Waals surface area contributed by atoms with Crippen LogP contribution in [0.15, 0.2) is 12.4 Å². The molecule has 1 unspecified atom stereocenters. The van der Waals surface area contributed by atoms with Crippen LogP contribution in [-0.2, 0) is 0 Å². The van der Waals surface area contributed by atoms with Crippen LogP contribution in [0, 0.1) is 0 Å². The highest BCUT2D eigenvalue weighted by Crippen LogP contribution is 2.32. The van der Waals surface area contributed by atoms with Crippen molar-refractivity contribution >= 4 is 11.8 Å². The van der Waals surface area contributed by atoms with Gasteiger partial charge in [0.05, 0.1) is 13.2 Å². The lowest BCUT2D eigenvalue weighted by molar-refractivity contribution is 0.381. The van der Waals surface area contributed by atoms with Crippen molar-refractivity contribution < 1.29 is 4.74 Å². The summed E-state index contributed by atoms with van der Waals surface area (Å²) in [5, 5.41) is 0.767. The van der Waals surface area contributed by atoms with Gasteiger partial charge in [-0.1, -0.05) is 12.8 Å². The van der Waals surface area contributed by atoms with E-state index in [2.05, 4.69) is 15.4 Å². The molecule has 18 heavy (non-hydrogen) atoms. The molecule has 1 aromatic heterocycles. The molecule has 0 bridgehead atoms. The van der Waals surface area contributed by atoms with Gasteiger partial charge in [-0.15, -0.1) is 0 Å². The van der Waals surface area contributed by atoms with E-state index in [1.54, 1.807) is 19.5 Å². The van der Waals surface area contributed by atoms with Crippen molar-refractivity contribution in [3.63, 3.8) is 0 Å². The zero-order chi connectivity index (χ0) is 12.8. The molecule has 1 atom stereocenters. The first-order valence-corrected chi connectivity index (χ1v) is 7.32. The van der Waals surface area contributed by atoms with Gasteiger partial charge in [-0.05, 0) is 12.8 Å². The molecule has 0 aliphatic heterocycles. The van der Waals surface area contributed by atoms with E-state index >= 15 is 0 Å². The number of aromatic nitrogens is 2. The van der Waals surface area contributed by atoms with Crippen LogP contribution >= 0.6 is 11.8 Å². The molecule has 1 aliphatic rings. The molecule has 1 aliphatic carbocycles. The standard InChI is InChI=1S/C12H20N4OS/c1-17-12-11(14-6-7-15-12)10(16-13)8-18-9-4-2-3-5-9/h6-7,9-10,16H,2-5,8,13H2,1H3. The zero-order valence-corrected chi connectivity index (χ0v) is 11.4. The lowest BCUT2D eigenvalue weighted by atomic mass is 10.2. The van der Waals surface area contributed by atoms with Gasteiger partial charge in [0.15, 0.2) is 0 Å². The molecule has 0 aromatic carbocycles. The van der Waals surface area contributed by atoms with Crippen LogP contribution < -0.4 is 16.0 Å². The Morgan fingerprint density at radius 2 is 2.17 bits per heavy atom. The molecule has 0 amide bonds. The van der Waals surface area contributed by atoms with Gasteiger partial charge in [-0.2, -0.15) is 11.8 Å². The van der Waals surface area contributed by atoms with Crippen molar-refractivity contribution in [2.24, 2.45) is 5.84 Å². The minimum absolute atomic E-state index is 0.0146. The molecule has 1 aromatic rings. The van der Waals surface area contributed by atoms with E-state index in [1.807, 2.05) is 11.8 Å². The van der Waals surface area contributed by atoms with E-state index in [-0.39, 0.29) is 6.04 Å². The average molecular weight is 268 g/mol. The second kappa shape index (κ2) is 6.92. The number of nitrogens with zero attached hydrogens (tertiary/aromatic N) is 2. The molecule has 0 saturated heterocycles. The van der Waals surface area contributed by atoms with Gasteiger partial charge in [-0.25, -0.2) is 4.98 Å². The summed E-state index contributed by atoms with van der Waals surface area (Å²) in [7, 11) is 1.60. The van der Waals surface area contributed by atoms with E-state index in [4.69, 9.17) is 10.6 Å². The van der Waals surface area contributed by atoms with Crippen molar-refractivity contribution in [2.45, 2.75) is 37.0 Å². The third-order valence-corrected chi connectivity index (χ3v) is 4.69. The second-order valence-electron chi connectivity index (χ2n) is 4.41. The Hall–Kier alpha value is -0.850. The maximum absolute atomic E-state index is 5.63. The SMILES string of the molecule is COc1nccnc1C(CSC1CCCC1)NN. The van der Waals surface area contributed by atoms with Gasteiger partial charge in [0.2, 0.25) is 5.88 Å². The first-order valence-electron chi connectivity index (χ1n) is 6.27. The fraction of sp³-hybridized carbons (Fsp3) is 0.667. The molecular weight excluding hydrogens is 248 g/mol. The van der Waals surface area contributed by atoms with Gasteiger partial charge < -0.3 is 4.74 Å². The predicted octanol–water partition coefficient (Wildman–Crippen LogP) is 1.67. The highest BCUT2D eigenvalue weighted by atomic mass is 32.2. The molecule has 1 saturated carbocycles. The Labute approximate surface area is 112 Å².